The van der Waals surface area contributed by atoms with Crippen LogP contribution in [-0.2, 0) is 29.2 Å². The maximum absolute atomic E-state index is 12.4. The molecule has 0 bridgehead atoms. The Labute approximate surface area is 250 Å². The first kappa shape index (κ1) is 30.2. The second-order valence-corrected chi connectivity index (χ2v) is 10.6. The average Bonchev–Trinajstić information content (AvgIpc) is 3.37. The number of nitrogens with zero attached hydrogens (tertiary/aromatic N) is 2. The molecule has 4 aromatic rings. The highest BCUT2D eigenvalue weighted by Gasteiger charge is 2.33. The second kappa shape index (κ2) is 14.3. The fraction of sp³-hybridized carbons (Fsp3) is 0.394. The third-order valence-electron chi connectivity index (χ3n) is 7.96. The predicted octanol–water partition coefficient (Wildman–Crippen LogP) is 5.40. The quantitative estimate of drug-likeness (QED) is 0.201. The van der Waals surface area contributed by atoms with E-state index in [1.54, 1.807) is 11.7 Å². The first-order valence-corrected chi connectivity index (χ1v) is 14.7. The van der Waals surface area contributed by atoms with E-state index in [4.69, 9.17) is 18.9 Å². The lowest BCUT2D eigenvalue weighted by atomic mass is 9.87. The van der Waals surface area contributed by atoms with Crippen LogP contribution in [0, 0.1) is 0 Å². The van der Waals surface area contributed by atoms with Crippen LogP contribution in [0.25, 0.3) is 11.0 Å². The number of H-pyrrole nitrogens is 1. The number of likely N-dealkylation sites (tertiary alicyclic amines) is 1. The average molecular weight is 590 g/mol. The molecular weight excluding hydrogens is 550 g/mol. The number of benzene rings is 3. The van der Waals surface area contributed by atoms with Crippen molar-refractivity contribution in [2.24, 2.45) is 0 Å². The molecule has 3 aromatic carbocycles. The Hall–Kier alpha value is -4.28. The Kier molecular flexibility index (Phi) is 10.0. The molecule has 10 nitrogen and oxygen atoms in total. The van der Waals surface area contributed by atoms with Crippen LogP contribution >= 0.6 is 0 Å². The van der Waals surface area contributed by atoms with E-state index < -0.39 is 6.09 Å². The standard InChI is InChI=1S/C33H39N3O7/c1-3-36-28-10-6-9-25(31(28)34-32(36)37)22-43-30-20-35(33(38)39)17-16-27(30)23-12-14-26(15-13-23)42-19-7-18-41-21-24-8-4-5-11-29(24)40-2/h4-6,8-15,27,30H,3,7,16-22H2,1-2H3,(H,34,37)(H,38,39). The Morgan fingerprint density at radius 3 is 2.56 bits per heavy atom. The molecule has 228 valence electrons. The maximum Gasteiger partial charge on any atom is 0.407 e. The van der Waals surface area contributed by atoms with Crippen molar-refractivity contribution in [1.29, 1.82) is 0 Å². The number of imidazole rings is 1. The third kappa shape index (κ3) is 7.21. The van der Waals surface area contributed by atoms with Crippen molar-refractivity contribution in [2.45, 2.75) is 51.5 Å². The van der Waals surface area contributed by atoms with Gasteiger partial charge in [-0.1, -0.05) is 42.5 Å². The molecule has 0 spiro atoms. The minimum atomic E-state index is -0.950. The normalized spacial score (nSPS) is 16.8. The van der Waals surface area contributed by atoms with Crippen molar-refractivity contribution in [3.63, 3.8) is 0 Å². The molecule has 2 atom stereocenters. The fourth-order valence-electron chi connectivity index (χ4n) is 5.68. The molecule has 2 heterocycles. The Morgan fingerprint density at radius 1 is 1.00 bits per heavy atom. The van der Waals surface area contributed by atoms with Crippen LogP contribution in [0.2, 0.25) is 0 Å². The van der Waals surface area contributed by atoms with Gasteiger partial charge >= 0.3 is 11.8 Å². The van der Waals surface area contributed by atoms with Crippen LogP contribution < -0.4 is 15.2 Å². The molecule has 5 rings (SSSR count). The van der Waals surface area contributed by atoms with E-state index in [0.29, 0.717) is 39.3 Å². The zero-order valence-electron chi connectivity index (χ0n) is 24.7. The monoisotopic (exact) mass is 589 g/mol. The van der Waals surface area contributed by atoms with Gasteiger partial charge in [0, 0.05) is 36.6 Å². The van der Waals surface area contributed by atoms with E-state index in [2.05, 4.69) is 4.98 Å². The summed E-state index contributed by atoms with van der Waals surface area (Å²) < 4.78 is 25.2. The van der Waals surface area contributed by atoms with E-state index in [-0.39, 0.29) is 30.9 Å². The number of amides is 1. The number of carbonyl (C=O) groups is 1. The summed E-state index contributed by atoms with van der Waals surface area (Å²) in [5, 5.41) is 9.65. The van der Waals surface area contributed by atoms with Crippen LogP contribution in [0.1, 0.15) is 42.4 Å². The molecule has 1 aromatic heterocycles. The number of piperidine rings is 1. The number of rotatable bonds is 13. The SMILES string of the molecule is CCn1c(=O)[nH]c2c(COC3CN(C(=O)O)CCC3c3ccc(OCCCOCc4ccccc4OC)cc3)cccc21. The smallest absolute Gasteiger partial charge is 0.407 e. The number of aromatic nitrogens is 2. The van der Waals surface area contributed by atoms with Gasteiger partial charge in [-0.25, -0.2) is 9.59 Å². The minimum absolute atomic E-state index is 0.0199. The molecule has 1 aliphatic heterocycles. The van der Waals surface area contributed by atoms with Gasteiger partial charge < -0.3 is 33.9 Å². The molecule has 0 saturated carbocycles. The zero-order valence-corrected chi connectivity index (χ0v) is 24.7. The Bertz CT molecular complexity index is 1560. The summed E-state index contributed by atoms with van der Waals surface area (Å²) in [5.74, 6) is 1.61. The molecule has 1 saturated heterocycles. The third-order valence-corrected chi connectivity index (χ3v) is 7.96. The van der Waals surface area contributed by atoms with Crippen LogP contribution in [0.5, 0.6) is 11.5 Å². The van der Waals surface area contributed by atoms with Crippen molar-refractivity contribution in [1.82, 2.24) is 14.5 Å². The highest BCUT2D eigenvalue weighted by molar-refractivity contribution is 5.78. The molecule has 10 heteroatoms. The summed E-state index contributed by atoms with van der Waals surface area (Å²) in [5.41, 5.74) is 4.39. The van der Waals surface area contributed by atoms with E-state index in [0.717, 1.165) is 45.6 Å². The van der Waals surface area contributed by atoms with E-state index in [1.165, 1.54) is 4.90 Å². The van der Waals surface area contributed by atoms with E-state index in [9.17, 15) is 14.7 Å². The van der Waals surface area contributed by atoms with Gasteiger partial charge in [-0.2, -0.15) is 0 Å². The van der Waals surface area contributed by atoms with E-state index >= 15 is 0 Å². The van der Waals surface area contributed by atoms with Crippen molar-refractivity contribution in [3.8, 4) is 11.5 Å². The molecule has 0 aliphatic carbocycles. The molecule has 43 heavy (non-hydrogen) atoms. The van der Waals surface area contributed by atoms with Gasteiger partial charge in [0.05, 0.1) is 57.2 Å². The number of hydrogen-bond acceptors (Lipinski definition) is 6. The van der Waals surface area contributed by atoms with Gasteiger partial charge in [0.25, 0.3) is 0 Å². The second-order valence-electron chi connectivity index (χ2n) is 10.6. The summed E-state index contributed by atoms with van der Waals surface area (Å²) in [6.07, 6.45) is 0.107. The van der Waals surface area contributed by atoms with Gasteiger partial charge in [0.2, 0.25) is 0 Å². The lowest BCUT2D eigenvalue weighted by Gasteiger charge is -2.37. The Morgan fingerprint density at radius 2 is 1.79 bits per heavy atom. The number of nitrogens with one attached hydrogen (secondary N) is 1. The molecular formula is C33H39N3O7. The summed E-state index contributed by atoms with van der Waals surface area (Å²) >= 11 is 0. The fourth-order valence-corrected chi connectivity index (χ4v) is 5.68. The first-order valence-electron chi connectivity index (χ1n) is 14.7. The van der Waals surface area contributed by atoms with Crippen molar-refractivity contribution < 1.29 is 28.8 Å². The number of methoxy groups -OCH3 is 1. The lowest BCUT2D eigenvalue weighted by Crippen LogP contribution is -2.46. The predicted molar refractivity (Wildman–Crippen MR) is 163 cm³/mol. The largest absolute Gasteiger partial charge is 0.496 e. The molecule has 2 unspecified atom stereocenters. The maximum atomic E-state index is 12.4. The first-order chi connectivity index (χ1) is 21.0. The summed E-state index contributed by atoms with van der Waals surface area (Å²) in [6.45, 7) is 5.06. The highest BCUT2D eigenvalue weighted by atomic mass is 16.5. The van der Waals surface area contributed by atoms with Crippen LogP contribution in [0.4, 0.5) is 4.79 Å². The van der Waals surface area contributed by atoms with Gasteiger partial charge in [-0.05, 0) is 43.2 Å². The number of hydrogen-bond donors (Lipinski definition) is 2. The van der Waals surface area contributed by atoms with Crippen LogP contribution in [0.3, 0.4) is 0 Å². The van der Waals surface area contributed by atoms with Crippen LogP contribution in [0.15, 0.2) is 71.5 Å². The van der Waals surface area contributed by atoms with Gasteiger partial charge in [-0.3, -0.25) is 4.57 Å². The minimum Gasteiger partial charge on any atom is -0.496 e. The number of aromatic amines is 1. The van der Waals surface area contributed by atoms with E-state index in [1.807, 2.05) is 73.7 Å². The number of ether oxygens (including phenoxy) is 4. The van der Waals surface area contributed by atoms with Gasteiger partial charge in [0.1, 0.15) is 11.5 Å². The number of para-hydroxylation sites is 2. The molecule has 1 amide bonds. The molecule has 1 aliphatic rings. The lowest BCUT2D eigenvalue weighted by molar-refractivity contribution is -0.0196. The van der Waals surface area contributed by atoms with Gasteiger partial charge in [-0.15, -0.1) is 0 Å². The Balaban J connectivity index is 1.17. The number of fused-ring (bicyclic) bond motifs is 1. The van der Waals surface area contributed by atoms with Gasteiger partial charge in [0.15, 0.2) is 0 Å². The summed E-state index contributed by atoms with van der Waals surface area (Å²) in [4.78, 5) is 28.5. The topological polar surface area (TPSA) is 115 Å². The molecule has 2 N–H and O–H groups in total. The summed E-state index contributed by atoms with van der Waals surface area (Å²) in [7, 11) is 1.65. The molecule has 0 radical (unpaired) electrons. The number of aryl methyl sites for hydroxylation is 1. The van der Waals surface area contributed by atoms with Crippen molar-refractivity contribution in [2.75, 3.05) is 33.4 Å². The summed E-state index contributed by atoms with van der Waals surface area (Å²) in [6, 6.07) is 21.5. The number of carboxylic acid groups (broad SMARTS) is 1. The molecule has 1 fully saturated rings. The zero-order chi connectivity index (χ0) is 30.2. The van der Waals surface area contributed by atoms with Crippen molar-refractivity contribution >= 4 is 17.1 Å². The highest BCUT2D eigenvalue weighted by Crippen LogP contribution is 2.32. The van der Waals surface area contributed by atoms with Crippen LogP contribution in [-0.4, -0.2) is 65.2 Å². The van der Waals surface area contributed by atoms with Crippen molar-refractivity contribution in [3.05, 3.63) is 93.9 Å².